The van der Waals surface area contributed by atoms with Crippen LogP contribution in [-0.4, -0.2) is 52.4 Å². The minimum absolute atomic E-state index is 0.0129. The first kappa shape index (κ1) is 20.4. The molecule has 10 nitrogen and oxygen atoms in total. The molecule has 3 N–H and O–H groups in total. The first-order valence-corrected chi connectivity index (χ1v) is 10.3. The Balaban J connectivity index is 1.38. The first-order valence-electron chi connectivity index (χ1n) is 9.91. The number of carbonyl (C=O) groups is 2. The van der Waals surface area contributed by atoms with Crippen LogP contribution in [0.15, 0.2) is 66.4 Å². The third-order valence-corrected chi connectivity index (χ3v) is 5.38. The number of hydrogen-bond donors (Lipinski definition) is 3. The summed E-state index contributed by atoms with van der Waals surface area (Å²) in [6.07, 6.45) is 3.15. The fourth-order valence-electron chi connectivity index (χ4n) is 3.40. The van der Waals surface area contributed by atoms with Gasteiger partial charge in [-0.15, -0.1) is 5.10 Å². The van der Waals surface area contributed by atoms with Gasteiger partial charge in [-0.05, 0) is 58.5 Å². The van der Waals surface area contributed by atoms with E-state index in [1.165, 1.54) is 11.0 Å². The van der Waals surface area contributed by atoms with E-state index in [1.54, 1.807) is 24.4 Å². The van der Waals surface area contributed by atoms with Gasteiger partial charge in [-0.2, -0.15) is 0 Å². The van der Waals surface area contributed by atoms with Crippen LogP contribution in [0.4, 0.5) is 0 Å². The predicted molar refractivity (Wildman–Crippen MR) is 123 cm³/mol. The number of H-pyrrole nitrogens is 2. The van der Waals surface area contributed by atoms with Gasteiger partial charge in [0.15, 0.2) is 10.9 Å². The molecular formula is C22H16N8O2S. The van der Waals surface area contributed by atoms with Gasteiger partial charge in [0.25, 0.3) is 11.8 Å². The van der Waals surface area contributed by atoms with Crippen molar-refractivity contribution in [2.24, 2.45) is 0 Å². The lowest BCUT2D eigenvalue weighted by atomic mass is 10.1. The number of nitrogens with one attached hydrogen (secondary N) is 3. The molecule has 1 fully saturated rings. The zero-order chi connectivity index (χ0) is 22.8. The first-order chi connectivity index (χ1) is 16.1. The van der Waals surface area contributed by atoms with Gasteiger partial charge in [-0.1, -0.05) is 30.3 Å². The monoisotopic (exact) mass is 456 g/mol. The lowest BCUT2D eigenvalue weighted by Gasteiger charge is -2.28. The Hall–Kier alpha value is -4.51. The van der Waals surface area contributed by atoms with E-state index >= 15 is 0 Å². The zero-order valence-electron chi connectivity index (χ0n) is 17.0. The lowest BCUT2D eigenvalue weighted by Crippen LogP contribution is -2.53. The van der Waals surface area contributed by atoms with Crippen LogP contribution in [0.2, 0.25) is 0 Å². The van der Waals surface area contributed by atoms with Crippen LogP contribution in [0.5, 0.6) is 0 Å². The van der Waals surface area contributed by atoms with Gasteiger partial charge in [0.2, 0.25) is 0 Å². The number of aromatic amines is 2. The van der Waals surface area contributed by atoms with Gasteiger partial charge in [-0.3, -0.25) is 24.8 Å². The summed E-state index contributed by atoms with van der Waals surface area (Å²) < 4.78 is 0. The average Bonchev–Trinajstić information content (AvgIpc) is 3.53. The molecule has 1 aliphatic rings. The summed E-state index contributed by atoms with van der Waals surface area (Å²) in [6, 6.07) is 16.7. The normalized spacial score (nSPS) is 15.2. The molecule has 2 amide bonds. The Morgan fingerprint density at radius 2 is 1.82 bits per heavy atom. The molecule has 0 atom stereocenters. The maximum Gasteiger partial charge on any atom is 0.266 e. The van der Waals surface area contributed by atoms with Gasteiger partial charge in [0.1, 0.15) is 5.57 Å². The van der Waals surface area contributed by atoms with E-state index in [2.05, 4.69) is 35.9 Å². The van der Waals surface area contributed by atoms with Crippen molar-refractivity contribution < 1.29 is 9.59 Å². The fourth-order valence-corrected chi connectivity index (χ4v) is 3.64. The number of amides is 2. The second-order valence-electron chi connectivity index (χ2n) is 7.18. The number of benzene rings is 1. The van der Waals surface area contributed by atoms with Crippen LogP contribution < -0.4 is 5.32 Å². The molecule has 1 aromatic carbocycles. The SMILES string of the molecule is O=C1NC(=S)N(Cc2ccccn2)C(=O)C1=Cc1ccc(-c2ccc(-c3nnn[nH]3)cc2)[nH]1. The minimum Gasteiger partial charge on any atom is -0.355 e. The van der Waals surface area contributed by atoms with Crippen molar-refractivity contribution in [3.05, 3.63) is 77.8 Å². The molecule has 5 rings (SSSR count). The molecule has 4 aromatic rings. The molecule has 0 saturated carbocycles. The van der Waals surface area contributed by atoms with Crippen LogP contribution in [0.1, 0.15) is 11.4 Å². The Morgan fingerprint density at radius 3 is 2.55 bits per heavy atom. The van der Waals surface area contributed by atoms with Gasteiger partial charge >= 0.3 is 0 Å². The second kappa shape index (κ2) is 8.55. The largest absolute Gasteiger partial charge is 0.355 e. The molecule has 0 aliphatic carbocycles. The molecule has 0 spiro atoms. The number of tetrazole rings is 1. The van der Waals surface area contributed by atoms with Crippen LogP contribution in [0.25, 0.3) is 28.7 Å². The van der Waals surface area contributed by atoms with Crippen LogP contribution in [-0.2, 0) is 16.1 Å². The molecule has 1 saturated heterocycles. The molecule has 0 bridgehead atoms. The smallest absolute Gasteiger partial charge is 0.266 e. The Morgan fingerprint density at radius 1 is 1.00 bits per heavy atom. The van der Waals surface area contributed by atoms with Crippen molar-refractivity contribution in [1.29, 1.82) is 0 Å². The highest BCUT2D eigenvalue weighted by atomic mass is 32.1. The third-order valence-electron chi connectivity index (χ3n) is 5.06. The number of aromatic nitrogens is 6. The lowest BCUT2D eigenvalue weighted by molar-refractivity contribution is -0.129. The average molecular weight is 456 g/mol. The molecule has 0 unspecified atom stereocenters. The number of nitrogens with zero attached hydrogens (tertiary/aromatic N) is 5. The highest BCUT2D eigenvalue weighted by Crippen LogP contribution is 2.24. The van der Waals surface area contributed by atoms with Crippen molar-refractivity contribution in [1.82, 2.24) is 40.8 Å². The molecule has 4 heterocycles. The Kier molecular flexibility index (Phi) is 5.29. The van der Waals surface area contributed by atoms with Crippen LogP contribution >= 0.6 is 12.2 Å². The van der Waals surface area contributed by atoms with E-state index in [0.29, 0.717) is 17.2 Å². The molecular weight excluding hydrogens is 440 g/mol. The summed E-state index contributed by atoms with van der Waals surface area (Å²) in [5, 5.41) is 16.4. The number of hydrogen-bond acceptors (Lipinski definition) is 7. The summed E-state index contributed by atoms with van der Waals surface area (Å²) in [5.74, 6) is -0.438. The van der Waals surface area contributed by atoms with E-state index < -0.39 is 11.8 Å². The van der Waals surface area contributed by atoms with E-state index in [4.69, 9.17) is 12.2 Å². The standard InChI is InChI=1S/C22H16N8O2S/c31-20-17(21(32)30(22(33)25-20)12-16-3-1-2-10-23-16)11-15-8-9-18(24-15)13-4-6-14(7-5-13)19-26-28-29-27-19/h1-11,24H,12H2,(H,25,31,33)(H,26,27,28,29). The third kappa shape index (κ3) is 4.16. The van der Waals surface area contributed by atoms with Crippen molar-refractivity contribution in [2.45, 2.75) is 6.54 Å². The molecule has 11 heteroatoms. The summed E-state index contributed by atoms with van der Waals surface area (Å²) in [6.45, 7) is 0.166. The van der Waals surface area contributed by atoms with Crippen molar-refractivity contribution in [2.75, 3.05) is 0 Å². The summed E-state index contributed by atoms with van der Waals surface area (Å²) in [7, 11) is 0. The number of carbonyl (C=O) groups excluding carboxylic acids is 2. The Labute approximate surface area is 192 Å². The highest BCUT2D eigenvalue weighted by Gasteiger charge is 2.33. The van der Waals surface area contributed by atoms with Gasteiger partial charge < -0.3 is 4.98 Å². The second-order valence-corrected chi connectivity index (χ2v) is 7.57. The molecule has 0 radical (unpaired) electrons. The Bertz CT molecular complexity index is 1360. The highest BCUT2D eigenvalue weighted by molar-refractivity contribution is 7.80. The number of rotatable bonds is 5. The summed E-state index contributed by atoms with van der Waals surface area (Å²) in [5.41, 5.74) is 3.86. The molecule has 3 aromatic heterocycles. The predicted octanol–water partition coefficient (Wildman–Crippen LogP) is 2.08. The van der Waals surface area contributed by atoms with Crippen molar-refractivity contribution in [3.8, 4) is 22.6 Å². The topological polar surface area (TPSA) is 133 Å². The van der Waals surface area contributed by atoms with E-state index in [1.807, 2.05) is 36.4 Å². The van der Waals surface area contributed by atoms with E-state index in [9.17, 15) is 9.59 Å². The minimum atomic E-state index is -0.538. The van der Waals surface area contributed by atoms with Crippen molar-refractivity contribution >= 4 is 35.2 Å². The maximum atomic E-state index is 13.0. The number of thiocarbonyl (C=S) groups is 1. The van der Waals surface area contributed by atoms with Crippen LogP contribution in [0, 0.1) is 0 Å². The molecule has 162 valence electrons. The van der Waals surface area contributed by atoms with Crippen molar-refractivity contribution in [3.63, 3.8) is 0 Å². The summed E-state index contributed by atoms with van der Waals surface area (Å²) in [4.78, 5) is 34.3. The molecule has 1 aliphatic heterocycles. The summed E-state index contributed by atoms with van der Waals surface area (Å²) >= 11 is 5.20. The van der Waals surface area contributed by atoms with Gasteiger partial charge in [0.05, 0.1) is 12.2 Å². The van der Waals surface area contributed by atoms with Gasteiger partial charge in [-0.25, -0.2) is 5.10 Å². The fraction of sp³-hybridized carbons (Fsp3) is 0.0455. The quantitative estimate of drug-likeness (QED) is 0.238. The van der Waals surface area contributed by atoms with Gasteiger partial charge in [0, 0.05) is 23.1 Å². The maximum absolute atomic E-state index is 13.0. The molecule has 33 heavy (non-hydrogen) atoms. The zero-order valence-corrected chi connectivity index (χ0v) is 17.8. The van der Waals surface area contributed by atoms with Crippen LogP contribution in [0.3, 0.4) is 0 Å². The number of pyridine rings is 1. The van der Waals surface area contributed by atoms with E-state index in [0.717, 1.165) is 16.8 Å². The van der Waals surface area contributed by atoms with E-state index in [-0.39, 0.29) is 17.2 Å².